The number of piperidine rings is 1. The molecule has 1 aliphatic heterocycles. The van der Waals surface area contributed by atoms with E-state index >= 15 is 0 Å². The maximum atomic E-state index is 13.0. The van der Waals surface area contributed by atoms with Gasteiger partial charge >= 0.3 is 0 Å². The third kappa shape index (κ3) is 7.52. The molecule has 2 aromatic rings. The molecule has 31 heavy (non-hydrogen) atoms. The zero-order valence-corrected chi connectivity index (χ0v) is 18.4. The van der Waals surface area contributed by atoms with Gasteiger partial charge in [-0.05, 0) is 48.2 Å². The maximum Gasteiger partial charge on any atom is 0.193 e. The van der Waals surface area contributed by atoms with Crippen molar-refractivity contribution in [1.82, 2.24) is 15.1 Å². The van der Waals surface area contributed by atoms with Crippen molar-refractivity contribution < 1.29 is 14.2 Å². The van der Waals surface area contributed by atoms with E-state index in [1.54, 1.807) is 19.2 Å². The van der Waals surface area contributed by atoms with E-state index in [-0.39, 0.29) is 11.9 Å². The topological polar surface area (TPSA) is 60.3 Å². The van der Waals surface area contributed by atoms with Gasteiger partial charge < -0.3 is 20.1 Å². The van der Waals surface area contributed by atoms with Crippen molar-refractivity contribution in [3.8, 4) is 5.75 Å². The molecule has 1 fully saturated rings. The lowest BCUT2D eigenvalue weighted by atomic mass is 10.1. The van der Waals surface area contributed by atoms with Gasteiger partial charge in [0.2, 0.25) is 0 Å². The Morgan fingerprint density at radius 3 is 2.42 bits per heavy atom. The van der Waals surface area contributed by atoms with E-state index in [1.165, 1.54) is 23.3 Å². The van der Waals surface area contributed by atoms with Crippen molar-refractivity contribution >= 4 is 5.96 Å². The minimum Gasteiger partial charge on any atom is -0.492 e. The molecule has 0 amide bonds. The van der Waals surface area contributed by atoms with Crippen LogP contribution in [0.2, 0.25) is 0 Å². The smallest absolute Gasteiger partial charge is 0.193 e. The minimum absolute atomic E-state index is 0.133. The number of nitrogens with one attached hydrogen (secondary N) is 1. The fourth-order valence-electron chi connectivity index (χ4n) is 3.60. The first kappa shape index (κ1) is 23.0. The van der Waals surface area contributed by atoms with Crippen LogP contribution in [0, 0.1) is 5.82 Å². The van der Waals surface area contributed by atoms with E-state index in [0.29, 0.717) is 25.4 Å². The Hall–Kier alpha value is -2.64. The summed E-state index contributed by atoms with van der Waals surface area (Å²) in [4.78, 5) is 8.74. The Kier molecular flexibility index (Phi) is 8.67. The molecule has 0 unspecified atom stereocenters. The summed E-state index contributed by atoms with van der Waals surface area (Å²) in [5.74, 6) is 1.17. The standard InChI is InChI=1S/C24H33FN4O2/c1-26-24(28(2)15-16-31-23-9-7-21(25)8-10-23)27-17-19-3-5-20(6-4-19)18-29-13-11-22(30)12-14-29/h3-10,22,30H,11-18H2,1-2H3,(H,26,27). The minimum atomic E-state index is -0.270. The number of rotatable bonds is 8. The summed E-state index contributed by atoms with van der Waals surface area (Å²) >= 11 is 0. The molecule has 6 nitrogen and oxygen atoms in total. The van der Waals surface area contributed by atoms with Gasteiger partial charge in [0, 0.05) is 40.3 Å². The molecular weight excluding hydrogens is 395 g/mol. The van der Waals surface area contributed by atoms with Crippen LogP contribution in [0.1, 0.15) is 24.0 Å². The van der Waals surface area contributed by atoms with Crippen LogP contribution in [-0.4, -0.2) is 67.3 Å². The lowest BCUT2D eigenvalue weighted by molar-refractivity contribution is 0.0792. The van der Waals surface area contributed by atoms with Gasteiger partial charge in [0.25, 0.3) is 0 Å². The highest BCUT2D eigenvalue weighted by Crippen LogP contribution is 2.14. The molecule has 0 spiro atoms. The lowest BCUT2D eigenvalue weighted by Crippen LogP contribution is -2.40. The Bertz CT molecular complexity index is 818. The fourth-order valence-corrected chi connectivity index (χ4v) is 3.60. The first-order valence-electron chi connectivity index (χ1n) is 10.8. The molecule has 3 rings (SSSR count). The number of aliphatic hydroxyl groups is 1. The summed E-state index contributed by atoms with van der Waals surface area (Å²) in [5, 5.41) is 13.0. The average molecular weight is 429 g/mol. The Labute approximate surface area is 184 Å². The second-order valence-corrected chi connectivity index (χ2v) is 7.95. The summed E-state index contributed by atoms with van der Waals surface area (Å²) in [6.07, 6.45) is 1.60. The number of hydrogen-bond donors (Lipinski definition) is 2. The number of aliphatic hydroxyl groups excluding tert-OH is 1. The van der Waals surface area contributed by atoms with Crippen LogP contribution in [0.3, 0.4) is 0 Å². The lowest BCUT2D eigenvalue weighted by Gasteiger charge is -2.29. The largest absolute Gasteiger partial charge is 0.492 e. The maximum absolute atomic E-state index is 13.0. The number of likely N-dealkylation sites (N-methyl/N-ethyl adjacent to an activating group) is 1. The number of ether oxygens (including phenoxy) is 1. The molecule has 0 atom stereocenters. The summed E-state index contributed by atoms with van der Waals surface area (Å²) < 4.78 is 18.6. The molecule has 1 saturated heterocycles. The average Bonchev–Trinajstić information content (AvgIpc) is 2.78. The van der Waals surface area contributed by atoms with Crippen LogP contribution < -0.4 is 10.1 Å². The Morgan fingerprint density at radius 2 is 1.77 bits per heavy atom. The van der Waals surface area contributed by atoms with Gasteiger partial charge in [0.05, 0.1) is 12.6 Å². The molecule has 0 saturated carbocycles. The predicted molar refractivity (Wildman–Crippen MR) is 122 cm³/mol. The van der Waals surface area contributed by atoms with E-state index in [4.69, 9.17) is 4.74 Å². The van der Waals surface area contributed by atoms with E-state index < -0.39 is 0 Å². The van der Waals surface area contributed by atoms with E-state index in [1.807, 2.05) is 11.9 Å². The second-order valence-electron chi connectivity index (χ2n) is 7.95. The van der Waals surface area contributed by atoms with E-state index in [0.717, 1.165) is 38.4 Å². The monoisotopic (exact) mass is 428 g/mol. The molecule has 1 aliphatic rings. The van der Waals surface area contributed by atoms with Gasteiger partial charge in [0.1, 0.15) is 18.2 Å². The molecule has 168 valence electrons. The van der Waals surface area contributed by atoms with Gasteiger partial charge in [-0.15, -0.1) is 0 Å². The van der Waals surface area contributed by atoms with Gasteiger partial charge in [-0.2, -0.15) is 0 Å². The summed E-state index contributed by atoms with van der Waals surface area (Å²) in [5.41, 5.74) is 2.48. The quantitative estimate of drug-likeness (QED) is 0.500. The van der Waals surface area contributed by atoms with Crippen molar-refractivity contribution in [2.24, 2.45) is 4.99 Å². The van der Waals surface area contributed by atoms with Crippen molar-refractivity contribution in [2.75, 3.05) is 40.3 Å². The summed E-state index contributed by atoms with van der Waals surface area (Å²) in [6, 6.07) is 14.7. The molecule has 0 aromatic heterocycles. The zero-order chi connectivity index (χ0) is 22.1. The number of hydrogen-bond acceptors (Lipinski definition) is 4. The van der Waals surface area contributed by atoms with Crippen LogP contribution in [-0.2, 0) is 13.1 Å². The van der Waals surface area contributed by atoms with Crippen LogP contribution in [0.5, 0.6) is 5.75 Å². The highest BCUT2D eigenvalue weighted by molar-refractivity contribution is 5.79. The van der Waals surface area contributed by atoms with Crippen LogP contribution in [0.15, 0.2) is 53.5 Å². The number of aliphatic imine (C=N–C) groups is 1. The Morgan fingerprint density at radius 1 is 1.13 bits per heavy atom. The fraction of sp³-hybridized carbons (Fsp3) is 0.458. The van der Waals surface area contributed by atoms with E-state index in [9.17, 15) is 9.50 Å². The molecule has 2 aromatic carbocycles. The molecule has 7 heteroatoms. The van der Waals surface area contributed by atoms with Gasteiger partial charge in [-0.25, -0.2) is 4.39 Å². The molecule has 1 heterocycles. The number of likely N-dealkylation sites (tertiary alicyclic amines) is 1. The predicted octanol–water partition coefficient (Wildman–Crippen LogP) is 2.87. The number of nitrogens with zero attached hydrogens (tertiary/aromatic N) is 3. The first-order chi connectivity index (χ1) is 15.0. The second kappa shape index (κ2) is 11.7. The number of benzene rings is 2. The van der Waals surface area contributed by atoms with Crippen molar-refractivity contribution in [2.45, 2.75) is 32.0 Å². The van der Waals surface area contributed by atoms with Crippen molar-refractivity contribution in [3.63, 3.8) is 0 Å². The van der Waals surface area contributed by atoms with Crippen LogP contribution >= 0.6 is 0 Å². The molecule has 0 radical (unpaired) electrons. The zero-order valence-electron chi connectivity index (χ0n) is 18.4. The third-order valence-corrected chi connectivity index (χ3v) is 5.52. The number of halogens is 1. The highest BCUT2D eigenvalue weighted by atomic mass is 19.1. The third-order valence-electron chi connectivity index (χ3n) is 5.52. The molecule has 0 aliphatic carbocycles. The van der Waals surface area contributed by atoms with Gasteiger partial charge in [0.15, 0.2) is 5.96 Å². The summed E-state index contributed by atoms with van der Waals surface area (Å²) in [7, 11) is 3.72. The molecule has 0 bridgehead atoms. The SMILES string of the molecule is CN=C(NCc1ccc(CN2CCC(O)CC2)cc1)N(C)CCOc1ccc(F)cc1. The van der Waals surface area contributed by atoms with Crippen LogP contribution in [0.25, 0.3) is 0 Å². The number of guanidine groups is 1. The highest BCUT2D eigenvalue weighted by Gasteiger charge is 2.16. The van der Waals surface area contributed by atoms with E-state index in [2.05, 4.69) is 39.5 Å². The normalized spacial score (nSPS) is 15.7. The van der Waals surface area contributed by atoms with Gasteiger partial charge in [-0.1, -0.05) is 24.3 Å². The van der Waals surface area contributed by atoms with Crippen molar-refractivity contribution in [1.29, 1.82) is 0 Å². The summed E-state index contributed by atoms with van der Waals surface area (Å²) in [6.45, 7) is 4.66. The molecule has 2 N–H and O–H groups in total. The van der Waals surface area contributed by atoms with Gasteiger partial charge in [-0.3, -0.25) is 9.89 Å². The Balaban J connectivity index is 1.40. The van der Waals surface area contributed by atoms with Crippen molar-refractivity contribution in [3.05, 3.63) is 65.5 Å². The first-order valence-corrected chi connectivity index (χ1v) is 10.8. The van der Waals surface area contributed by atoms with Crippen LogP contribution in [0.4, 0.5) is 4.39 Å². The molecular formula is C24H33FN4O2.